The Kier molecular flexibility index (Phi) is 3.91. The number of aromatic nitrogens is 1. The van der Waals surface area contributed by atoms with E-state index in [1.807, 2.05) is 19.1 Å². The summed E-state index contributed by atoms with van der Waals surface area (Å²) < 4.78 is 22.6. The monoisotopic (exact) mass is 292 g/mol. The number of aryl methyl sites for hydroxylation is 1. The third-order valence-electron chi connectivity index (χ3n) is 2.92. The van der Waals surface area contributed by atoms with Crippen molar-refractivity contribution in [1.29, 1.82) is 0 Å². The Morgan fingerprint density at radius 3 is 2.70 bits per heavy atom. The predicted molar refractivity (Wildman–Crippen MR) is 78.5 cm³/mol. The van der Waals surface area contributed by atoms with Crippen LogP contribution in [-0.2, 0) is 16.6 Å². The number of primary sulfonamides is 1. The number of nitrogen functional groups attached to an aromatic ring is 1. The van der Waals surface area contributed by atoms with Gasteiger partial charge in [0.2, 0.25) is 10.0 Å². The van der Waals surface area contributed by atoms with Crippen molar-refractivity contribution in [2.45, 2.75) is 18.4 Å². The number of sulfonamides is 1. The van der Waals surface area contributed by atoms with E-state index in [1.165, 1.54) is 18.2 Å². The van der Waals surface area contributed by atoms with Crippen molar-refractivity contribution in [2.24, 2.45) is 5.14 Å². The molecular weight excluding hydrogens is 276 g/mol. The Balaban J connectivity index is 2.24. The van der Waals surface area contributed by atoms with E-state index in [9.17, 15) is 8.42 Å². The average Bonchev–Trinajstić information content (AvgIpc) is 2.38. The van der Waals surface area contributed by atoms with Gasteiger partial charge in [0.15, 0.2) is 0 Å². The van der Waals surface area contributed by atoms with Crippen LogP contribution in [0.3, 0.4) is 0 Å². The molecule has 1 heterocycles. The van der Waals surface area contributed by atoms with Crippen LogP contribution < -0.4 is 16.2 Å². The highest BCUT2D eigenvalue weighted by Crippen LogP contribution is 2.22. The first kappa shape index (κ1) is 14.3. The average molecular weight is 292 g/mol. The summed E-state index contributed by atoms with van der Waals surface area (Å²) >= 11 is 0. The highest BCUT2D eigenvalue weighted by Gasteiger charge is 2.10. The normalized spacial score (nSPS) is 11.3. The number of pyridine rings is 1. The Hall–Kier alpha value is -2.12. The summed E-state index contributed by atoms with van der Waals surface area (Å²) in [6.07, 6.45) is 1.70. The molecule has 1 aromatic heterocycles. The maximum absolute atomic E-state index is 11.3. The summed E-state index contributed by atoms with van der Waals surface area (Å²) in [6.45, 7) is 2.40. The zero-order valence-electron chi connectivity index (χ0n) is 11.0. The summed E-state index contributed by atoms with van der Waals surface area (Å²) in [5.41, 5.74) is 8.69. The fraction of sp³-hybridized carbons (Fsp3) is 0.154. The quantitative estimate of drug-likeness (QED) is 0.734. The van der Waals surface area contributed by atoms with Crippen LogP contribution in [0.4, 0.5) is 11.4 Å². The second-order valence-corrected chi connectivity index (χ2v) is 5.98. The third kappa shape index (κ3) is 3.25. The van der Waals surface area contributed by atoms with E-state index in [1.54, 1.807) is 6.20 Å². The van der Waals surface area contributed by atoms with Gasteiger partial charge in [-0.1, -0.05) is 6.07 Å². The molecule has 0 aliphatic rings. The molecule has 0 aliphatic carbocycles. The molecule has 2 rings (SSSR count). The maximum Gasteiger partial charge on any atom is 0.238 e. The van der Waals surface area contributed by atoms with Crippen molar-refractivity contribution in [3.63, 3.8) is 0 Å². The fourth-order valence-electron chi connectivity index (χ4n) is 1.75. The van der Waals surface area contributed by atoms with Crippen molar-refractivity contribution in [3.05, 3.63) is 47.8 Å². The number of benzene rings is 1. The summed E-state index contributed by atoms with van der Waals surface area (Å²) in [5, 5.41) is 8.17. The SMILES string of the molecule is Cc1cccnc1CNc1cc(S(N)(=O)=O)ccc1N. The Labute approximate surface area is 117 Å². The largest absolute Gasteiger partial charge is 0.397 e. The van der Waals surface area contributed by atoms with Crippen LogP contribution in [0.25, 0.3) is 0 Å². The summed E-state index contributed by atoms with van der Waals surface area (Å²) in [7, 11) is -3.74. The first-order valence-electron chi connectivity index (χ1n) is 5.94. The molecule has 0 fully saturated rings. The molecule has 0 saturated carbocycles. The lowest BCUT2D eigenvalue weighted by Gasteiger charge is -2.11. The minimum Gasteiger partial charge on any atom is -0.397 e. The number of hydrogen-bond acceptors (Lipinski definition) is 5. The lowest BCUT2D eigenvalue weighted by Crippen LogP contribution is -2.13. The van der Waals surface area contributed by atoms with Crippen molar-refractivity contribution < 1.29 is 8.42 Å². The molecule has 0 unspecified atom stereocenters. The van der Waals surface area contributed by atoms with Crippen LogP contribution in [0, 0.1) is 6.92 Å². The van der Waals surface area contributed by atoms with E-state index in [0.29, 0.717) is 17.9 Å². The highest BCUT2D eigenvalue weighted by molar-refractivity contribution is 7.89. The molecule has 0 radical (unpaired) electrons. The number of rotatable bonds is 4. The van der Waals surface area contributed by atoms with Gasteiger partial charge in [-0.3, -0.25) is 4.98 Å². The molecule has 106 valence electrons. The van der Waals surface area contributed by atoms with Crippen LogP contribution in [-0.4, -0.2) is 13.4 Å². The number of hydrogen-bond donors (Lipinski definition) is 3. The summed E-state index contributed by atoms with van der Waals surface area (Å²) in [4.78, 5) is 4.27. The molecule has 0 bridgehead atoms. The van der Waals surface area contributed by atoms with Gasteiger partial charge in [-0.05, 0) is 36.8 Å². The second kappa shape index (κ2) is 5.48. The number of nitrogens with one attached hydrogen (secondary N) is 1. The van der Waals surface area contributed by atoms with E-state index in [2.05, 4.69) is 10.3 Å². The van der Waals surface area contributed by atoms with Gasteiger partial charge in [0.1, 0.15) is 0 Å². The number of anilines is 2. The Bertz CT molecular complexity index is 729. The minimum absolute atomic E-state index is 0.0203. The number of nitrogens with two attached hydrogens (primary N) is 2. The molecule has 0 spiro atoms. The maximum atomic E-state index is 11.3. The van der Waals surface area contributed by atoms with Gasteiger partial charge < -0.3 is 11.1 Å². The first-order chi connectivity index (χ1) is 9.38. The topological polar surface area (TPSA) is 111 Å². The van der Waals surface area contributed by atoms with Crippen molar-refractivity contribution >= 4 is 21.4 Å². The summed E-state index contributed by atoms with van der Waals surface area (Å²) in [5.74, 6) is 0. The van der Waals surface area contributed by atoms with Crippen molar-refractivity contribution in [2.75, 3.05) is 11.1 Å². The fourth-order valence-corrected chi connectivity index (χ4v) is 2.29. The second-order valence-electron chi connectivity index (χ2n) is 4.41. The van der Waals surface area contributed by atoms with Crippen LogP contribution in [0.5, 0.6) is 0 Å². The standard InChI is InChI=1S/C13H16N4O2S/c1-9-3-2-6-16-13(9)8-17-12-7-10(20(15,18)19)4-5-11(12)14/h2-7,17H,8,14H2,1H3,(H2,15,18,19). The van der Waals surface area contributed by atoms with Crippen LogP contribution in [0.1, 0.15) is 11.3 Å². The highest BCUT2D eigenvalue weighted by atomic mass is 32.2. The Morgan fingerprint density at radius 2 is 2.05 bits per heavy atom. The molecule has 7 heteroatoms. The van der Waals surface area contributed by atoms with Gasteiger partial charge in [0.25, 0.3) is 0 Å². The lowest BCUT2D eigenvalue weighted by molar-refractivity contribution is 0.598. The van der Waals surface area contributed by atoms with Crippen molar-refractivity contribution in [3.8, 4) is 0 Å². The van der Waals surface area contributed by atoms with Crippen LogP contribution in [0.15, 0.2) is 41.4 Å². The first-order valence-corrected chi connectivity index (χ1v) is 7.49. The van der Waals surface area contributed by atoms with Crippen molar-refractivity contribution in [1.82, 2.24) is 4.98 Å². The number of nitrogens with zero attached hydrogens (tertiary/aromatic N) is 1. The predicted octanol–water partition coefficient (Wildman–Crippen LogP) is 1.23. The molecule has 5 N–H and O–H groups in total. The third-order valence-corrected chi connectivity index (χ3v) is 3.83. The van der Waals surface area contributed by atoms with E-state index < -0.39 is 10.0 Å². The molecule has 0 saturated heterocycles. The van der Waals surface area contributed by atoms with Crippen LogP contribution >= 0.6 is 0 Å². The smallest absolute Gasteiger partial charge is 0.238 e. The van der Waals surface area contributed by atoms with Gasteiger partial charge >= 0.3 is 0 Å². The van der Waals surface area contributed by atoms with Gasteiger partial charge in [0.05, 0.1) is 28.5 Å². The van der Waals surface area contributed by atoms with Gasteiger partial charge in [-0.15, -0.1) is 0 Å². The zero-order chi connectivity index (χ0) is 14.8. The molecule has 0 amide bonds. The van der Waals surface area contributed by atoms with Gasteiger partial charge in [-0.25, -0.2) is 13.6 Å². The zero-order valence-corrected chi connectivity index (χ0v) is 11.8. The molecular formula is C13H16N4O2S. The van der Waals surface area contributed by atoms with E-state index >= 15 is 0 Å². The molecule has 1 aromatic carbocycles. The molecule has 0 aliphatic heterocycles. The van der Waals surface area contributed by atoms with Gasteiger partial charge in [0, 0.05) is 6.20 Å². The van der Waals surface area contributed by atoms with E-state index in [4.69, 9.17) is 10.9 Å². The lowest BCUT2D eigenvalue weighted by atomic mass is 10.2. The van der Waals surface area contributed by atoms with E-state index in [0.717, 1.165) is 11.3 Å². The summed E-state index contributed by atoms with van der Waals surface area (Å²) in [6, 6.07) is 8.11. The molecule has 6 nitrogen and oxygen atoms in total. The molecule has 2 aromatic rings. The van der Waals surface area contributed by atoms with E-state index in [-0.39, 0.29) is 4.90 Å². The van der Waals surface area contributed by atoms with Gasteiger partial charge in [-0.2, -0.15) is 0 Å². The molecule has 20 heavy (non-hydrogen) atoms. The minimum atomic E-state index is -3.74. The van der Waals surface area contributed by atoms with Crippen LogP contribution in [0.2, 0.25) is 0 Å². The molecule has 0 atom stereocenters. The Morgan fingerprint density at radius 1 is 1.30 bits per heavy atom.